The number of pyridine rings is 1. The van der Waals surface area contributed by atoms with Gasteiger partial charge in [-0.05, 0) is 36.6 Å². The van der Waals surface area contributed by atoms with Gasteiger partial charge in [0, 0.05) is 36.3 Å². The molecule has 2 atom stereocenters. The molecule has 3 aromatic rings. The highest BCUT2D eigenvalue weighted by Crippen LogP contribution is 2.31. The van der Waals surface area contributed by atoms with E-state index in [1.54, 1.807) is 29.9 Å². The normalized spacial score (nSPS) is 18.3. The minimum Gasteiger partial charge on any atom is -0.469 e. The number of aromatic nitrogens is 4. The molecule has 1 aliphatic rings. The average Bonchev–Trinajstić information content (AvgIpc) is 3.22. The molecule has 1 aromatic carbocycles. The third kappa shape index (κ3) is 5.26. The van der Waals surface area contributed by atoms with Crippen molar-refractivity contribution in [3.63, 3.8) is 0 Å². The summed E-state index contributed by atoms with van der Waals surface area (Å²) in [6.45, 7) is 0.635. The molecule has 0 aliphatic heterocycles. The second-order valence-corrected chi connectivity index (χ2v) is 8.43. The van der Waals surface area contributed by atoms with Crippen molar-refractivity contribution in [2.75, 3.05) is 6.54 Å². The first-order valence-electron chi connectivity index (χ1n) is 10.7. The summed E-state index contributed by atoms with van der Waals surface area (Å²) >= 11 is 6.04. The van der Waals surface area contributed by atoms with Crippen LogP contribution >= 0.6 is 11.6 Å². The van der Waals surface area contributed by atoms with Crippen molar-refractivity contribution in [1.29, 1.82) is 0 Å². The first-order chi connectivity index (χ1) is 15.5. The largest absolute Gasteiger partial charge is 0.469 e. The van der Waals surface area contributed by atoms with Gasteiger partial charge < -0.3 is 15.2 Å². The maximum Gasteiger partial charge on any atom is 0.252 e. The number of ether oxygens (including phenoxy) is 1. The fourth-order valence-corrected chi connectivity index (χ4v) is 3.99. The van der Waals surface area contributed by atoms with E-state index in [2.05, 4.69) is 20.4 Å². The lowest BCUT2D eigenvalue weighted by atomic mass is 9.86. The number of hydrogen-bond acceptors (Lipinski definition) is 6. The van der Waals surface area contributed by atoms with Gasteiger partial charge in [0.2, 0.25) is 5.88 Å². The summed E-state index contributed by atoms with van der Waals surface area (Å²) in [5.74, 6) is 0.895. The van der Waals surface area contributed by atoms with Crippen LogP contribution in [0.25, 0.3) is 11.1 Å². The minimum absolute atomic E-state index is 0.0883. The minimum atomic E-state index is -0.358. The average molecular weight is 456 g/mol. The van der Waals surface area contributed by atoms with Gasteiger partial charge in [0.05, 0.1) is 11.7 Å². The molecule has 8 nitrogen and oxygen atoms in total. The Kier molecular flexibility index (Phi) is 7.02. The Hall–Kier alpha value is -2.97. The van der Waals surface area contributed by atoms with Crippen molar-refractivity contribution >= 4 is 17.5 Å². The van der Waals surface area contributed by atoms with Crippen molar-refractivity contribution in [3.8, 4) is 17.0 Å². The van der Waals surface area contributed by atoms with Crippen LogP contribution < -0.4 is 10.1 Å². The lowest BCUT2D eigenvalue weighted by Gasteiger charge is -2.27. The molecule has 0 bridgehead atoms. The molecule has 1 saturated carbocycles. The fourth-order valence-electron chi connectivity index (χ4n) is 3.86. The Bertz CT molecular complexity index is 1070. The van der Waals surface area contributed by atoms with E-state index in [0.717, 1.165) is 31.2 Å². The molecule has 2 aromatic heterocycles. The van der Waals surface area contributed by atoms with Crippen molar-refractivity contribution in [2.45, 2.75) is 38.4 Å². The second-order valence-electron chi connectivity index (χ2n) is 7.99. The van der Waals surface area contributed by atoms with Crippen molar-refractivity contribution < 1.29 is 14.6 Å². The van der Waals surface area contributed by atoms with Crippen LogP contribution in [0.15, 0.2) is 42.9 Å². The number of benzene rings is 1. The first-order valence-corrected chi connectivity index (χ1v) is 11.1. The van der Waals surface area contributed by atoms with Crippen molar-refractivity contribution in [1.82, 2.24) is 25.1 Å². The maximum atomic E-state index is 12.8. The number of carbonyl (C=O) groups excluding carboxylic acids is 1. The Morgan fingerprint density at radius 2 is 2.03 bits per heavy atom. The summed E-state index contributed by atoms with van der Waals surface area (Å²) in [4.78, 5) is 21.4. The second kappa shape index (κ2) is 10.1. The van der Waals surface area contributed by atoms with Gasteiger partial charge in [-0.3, -0.25) is 9.48 Å². The number of hydrogen-bond donors (Lipinski definition) is 2. The number of halogens is 1. The van der Waals surface area contributed by atoms with Crippen LogP contribution in [-0.2, 0) is 13.7 Å². The highest BCUT2D eigenvalue weighted by Gasteiger charge is 2.24. The van der Waals surface area contributed by atoms with E-state index in [1.807, 2.05) is 12.1 Å². The quantitative estimate of drug-likeness (QED) is 0.566. The number of carbonyl (C=O) groups is 1. The van der Waals surface area contributed by atoms with E-state index in [4.69, 9.17) is 16.3 Å². The van der Waals surface area contributed by atoms with Gasteiger partial charge in [0.1, 0.15) is 12.9 Å². The summed E-state index contributed by atoms with van der Waals surface area (Å²) in [6, 6.07) is 9.03. The van der Waals surface area contributed by atoms with E-state index in [9.17, 15) is 9.90 Å². The van der Waals surface area contributed by atoms with E-state index >= 15 is 0 Å². The van der Waals surface area contributed by atoms with Gasteiger partial charge in [-0.25, -0.2) is 9.97 Å². The Morgan fingerprint density at radius 3 is 2.75 bits per heavy atom. The molecular weight excluding hydrogens is 430 g/mol. The molecule has 0 spiro atoms. The zero-order chi connectivity index (χ0) is 22.5. The third-order valence-corrected chi connectivity index (χ3v) is 6.06. The zero-order valence-electron chi connectivity index (χ0n) is 17.9. The number of rotatable bonds is 7. The Labute approximate surface area is 191 Å². The van der Waals surface area contributed by atoms with Crippen molar-refractivity contribution in [3.05, 3.63) is 59.3 Å². The molecule has 32 heavy (non-hydrogen) atoms. The van der Waals surface area contributed by atoms with Crippen LogP contribution in [-0.4, -0.2) is 43.4 Å². The number of aryl methyl sites for hydroxylation is 1. The molecular formula is C23H26ClN5O3. The van der Waals surface area contributed by atoms with Crippen molar-refractivity contribution in [2.24, 2.45) is 13.0 Å². The third-order valence-electron chi connectivity index (χ3n) is 5.81. The highest BCUT2D eigenvalue weighted by molar-refractivity contribution is 6.30. The van der Waals surface area contributed by atoms with E-state index < -0.39 is 0 Å². The number of amides is 1. The van der Waals surface area contributed by atoms with Crippen LogP contribution in [0.3, 0.4) is 0 Å². The van der Waals surface area contributed by atoms with E-state index in [-0.39, 0.29) is 24.5 Å². The van der Waals surface area contributed by atoms with Crippen LogP contribution in [0.2, 0.25) is 5.02 Å². The molecule has 1 amide bonds. The molecule has 9 heteroatoms. The monoisotopic (exact) mass is 455 g/mol. The summed E-state index contributed by atoms with van der Waals surface area (Å²) in [6.07, 6.45) is 6.43. The molecule has 1 aliphatic carbocycles. The van der Waals surface area contributed by atoms with Crippen LogP contribution in [0.1, 0.15) is 41.9 Å². The summed E-state index contributed by atoms with van der Waals surface area (Å²) in [7, 11) is 1.79. The summed E-state index contributed by atoms with van der Waals surface area (Å²) in [5.41, 5.74) is 1.92. The maximum absolute atomic E-state index is 12.8. The van der Waals surface area contributed by atoms with Crippen LogP contribution in [0.5, 0.6) is 5.88 Å². The molecule has 168 valence electrons. The predicted octanol–water partition coefficient (Wildman–Crippen LogP) is 3.39. The topological polar surface area (TPSA) is 102 Å². The van der Waals surface area contributed by atoms with Crippen LogP contribution in [0.4, 0.5) is 0 Å². The molecule has 1 fully saturated rings. The smallest absolute Gasteiger partial charge is 0.252 e. The molecule has 2 N–H and O–H groups in total. The zero-order valence-corrected chi connectivity index (χ0v) is 18.6. The molecule has 0 radical (unpaired) electrons. The number of aliphatic hydroxyl groups excluding tert-OH is 1. The van der Waals surface area contributed by atoms with Gasteiger partial charge in [0.25, 0.3) is 5.91 Å². The van der Waals surface area contributed by atoms with Gasteiger partial charge in [-0.2, -0.15) is 5.10 Å². The lowest BCUT2D eigenvalue weighted by molar-refractivity contribution is 0.0663. The van der Waals surface area contributed by atoms with Gasteiger partial charge in [-0.15, -0.1) is 0 Å². The number of nitrogens with one attached hydrogen (secondary N) is 1. The van der Waals surface area contributed by atoms with E-state index in [1.165, 1.54) is 12.5 Å². The molecule has 2 heterocycles. The summed E-state index contributed by atoms with van der Waals surface area (Å²) < 4.78 is 7.55. The molecule has 4 rings (SSSR count). The predicted molar refractivity (Wildman–Crippen MR) is 120 cm³/mol. The number of aliphatic hydroxyl groups is 1. The molecule has 0 saturated heterocycles. The summed E-state index contributed by atoms with van der Waals surface area (Å²) in [5, 5.41) is 17.8. The lowest BCUT2D eigenvalue weighted by Crippen LogP contribution is -2.36. The standard InChI is InChI=1S/C23H26ClN5O3/c1-29-21(27-14-28-29)13-32-23-19(15-6-8-18(24)9-7-15)10-17(12-26-23)22(31)25-11-16-4-2-3-5-20(16)30/h6-10,12,14,16,20,30H,2-5,11,13H2,1H3,(H,25,31)/t16-,20-/m0/s1. The van der Waals surface area contributed by atoms with Gasteiger partial charge in [-0.1, -0.05) is 36.6 Å². The molecule has 0 unspecified atom stereocenters. The first kappa shape index (κ1) is 22.2. The highest BCUT2D eigenvalue weighted by atomic mass is 35.5. The van der Waals surface area contributed by atoms with Crippen LogP contribution in [0, 0.1) is 5.92 Å². The Morgan fingerprint density at radius 1 is 1.25 bits per heavy atom. The van der Waals surface area contributed by atoms with Gasteiger partial charge in [0.15, 0.2) is 5.82 Å². The number of nitrogens with zero attached hydrogens (tertiary/aromatic N) is 4. The van der Waals surface area contributed by atoms with E-state index in [0.29, 0.717) is 34.4 Å². The SMILES string of the molecule is Cn1ncnc1COc1ncc(C(=O)NC[C@@H]2CCCC[C@@H]2O)cc1-c1ccc(Cl)cc1. The Balaban J connectivity index is 1.54. The van der Waals surface area contributed by atoms with Gasteiger partial charge >= 0.3 is 0 Å². The fraction of sp³-hybridized carbons (Fsp3) is 0.391.